The Morgan fingerprint density at radius 2 is 1.95 bits per heavy atom. The van der Waals surface area contributed by atoms with Gasteiger partial charge in [0.05, 0.1) is 12.9 Å². The summed E-state index contributed by atoms with van der Waals surface area (Å²) in [5.74, 6) is 0.830. The number of rotatable bonds is 3. The molecule has 2 aliphatic carbocycles. The van der Waals surface area contributed by atoms with Gasteiger partial charge in [0.15, 0.2) is 0 Å². The second-order valence-electron chi connectivity index (χ2n) is 7.63. The molecule has 0 radical (unpaired) electrons. The molecular formula is C16H28O3S. The Hall–Kier alpha value is -0.350. The van der Waals surface area contributed by atoms with Gasteiger partial charge in [-0.2, -0.15) is 8.42 Å². The third kappa shape index (κ3) is 2.96. The van der Waals surface area contributed by atoms with Crippen molar-refractivity contribution in [1.29, 1.82) is 0 Å². The Labute approximate surface area is 123 Å². The summed E-state index contributed by atoms with van der Waals surface area (Å²) in [6.45, 7) is 9.48. The van der Waals surface area contributed by atoms with Crippen LogP contribution in [0.2, 0.25) is 0 Å². The minimum absolute atomic E-state index is 0.158. The molecule has 1 fully saturated rings. The maximum absolute atomic E-state index is 11.3. The van der Waals surface area contributed by atoms with Gasteiger partial charge >= 0.3 is 0 Å². The molecule has 1 saturated carbocycles. The summed E-state index contributed by atoms with van der Waals surface area (Å²) in [5, 5.41) is 0. The zero-order valence-corrected chi connectivity index (χ0v) is 14.2. The molecule has 4 heteroatoms. The Bertz CT molecular complexity index is 504. The topological polar surface area (TPSA) is 43.4 Å². The Morgan fingerprint density at radius 1 is 1.30 bits per heavy atom. The Kier molecular flexibility index (Phi) is 4.11. The Morgan fingerprint density at radius 3 is 2.55 bits per heavy atom. The second-order valence-corrected chi connectivity index (χ2v) is 9.27. The fourth-order valence-electron chi connectivity index (χ4n) is 4.65. The van der Waals surface area contributed by atoms with Crippen molar-refractivity contribution in [2.24, 2.45) is 22.7 Å². The first-order valence-electron chi connectivity index (χ1n) is 7.57. The van der Waals surface area contributed by atoms with E-state index in [0.717, 1.165) is 12.7 Å². The fraction of sp³-hybridized carbons (Fsp3) is 0.875. The van der Waals surface area contributed by atoms with Crippen molar-refractivity contribution >= 4 is 10.1 Å². The fourth-order valence-corrected chi connectivity index (χ4v) is 5.03. The largest absolute Gasteiger partial charge is 0.270 e. The molecule has 0 aliphatic heterocycles. The molecular weight excluding hydrogens is 272 g/mol. The van der Waals surface area contributed by atoms with E-state index in [4.69, 9.17) is 4.18 Å². The van der Waals surface area contributed by atoms with Gasteiger partial charge in [-0.1, -0.05) is 38.8 Å². The lowest BCUT2D eigenvalue weighted by Crippen LogP contribution is -2.49. The molecule has 3 atom stereocenters. The van der Waals surface area contributed by atoms with Crippen LogP contribution in [0.1, 0.15) is 53.4 Å². The van der Waals surface area contributed by atoms with Gasteiger partial charge in [-0.3, -0.25) is 4.18 Å². The molecule has 1 unspecified atom stereocenters. The molecule has 0 aromatic rings. The van der Waals surface area contributed by atoms with E-state index in [1.807, 2.05) is 0 Å². The average molecular weight is 300 g/mol. The smallest absolute Gasteiger partial charge is 0.264 e. The van der Waals surface area contributed by atoms with Crippen LogP contribution in [0.5, 0.6) is 0 Å². The minimum Gasteiger partial charge on any atom is -0.270 e. The molecule has 20 heavy (non-hydrogen) atoms. The van der Waals surface area contributed by atoms with E-state index in [1.54, 1.807) is 0 Å². The quantitative estimate of drug-likeness (QED) is 0.589. The lowest BCUT2D eigenvalue weighted by molar-refractivity contribution is -0.0474. The van der Waals surface area contributed by atoms with Crippen molar-refractivity contribution < 1.29 is 12.6 Å². The van der Waals surface area contributed by atoms with Gasteiger partial charge in [0.25, 0.3) is 10.1 Å². The predicted octanol–water partition coefficient (Wildman–Crippen LogP) is 3.76. The lowest BCUT2D eigenvalue weighted by atomic mass is 9.49. The number of allylic oxidation sites excluding steroid dienone is 1. The summed E-state index contributed by atoms with van der Waals surface area (Å²) < 4.78 is 27.8. The van der Waals surface area contributed by atoms with E-state index in [2.05, 4.69) is 33.8 Å². The summed E-state index contributed by atoms with van der Waals surface area (Å²) in [4.78, 5) is 0. The van der Waals surface area contributed by atoms with Crippen LogP contribution >= 0.6 is 0 Å². The maximum atomic E-state index is 11.3. The molecule has 0 heterocycles. The lowest BCUT2D eigenvalue weighted by Gasteiger charge is -2.56. The second kappa shape index (κ2) is 5.13. The van der Waals surface area contributed by atoms with E-state index < -0.39 is 10.1 Å². The molecule has 2 rings (SSSR count). The van der Waals surface area contributed by atoms with Crippen molar-refractivity contribution in [3.8, 4) is 0 Å². The van der Waals surface area contributed by atoms with Crippen LogP contribution in [-0.4, -0.2) is 21.3 Å². The van der Waals surface area contributed by atoms with Gasteiger partial charge in [0, 0.05) is 5.92 Å². The summed E-state index contributed by atoms with van der Waals surface area (Å²) >= 11 is 0. The normalized spacial score (nSPS) is 37.1. The highest BCUT2D eigenvalue weighted by atomic mass is 32.2. The summed E-state index contributed by atoms with van der Waals surface area (Å²) in [5.41, 5.74) is 1.78. The highest BCUT2D eigenvalue weighted by Gasteiger charge is 2.51. The molecule has 116 valence electrons. The van der Waals surface area contributed by atoms with Crippen molar-refractivity contribution in [3.05, 3.63) is 11.6 Å². The highest BCUT2D eigenvalue weighted by molar-refractivity contribution is 7.85. The SMILES string of the molecule is CC1=CCC2C(C)(C)CCC[C@]2(C)[C@H]1COS(C)(=O)=O. The molecule has 0 aromatic heterocycles. The van der Waals surface area contributed by atoms with E-state index in [-0.39, 0.29) is 11.3 Å². The zero-order chi connectivity index (χ0) is 15.2. The highest BCUT2D eigenvalue weighted by Crippen LogP contribution is 2.59. The summed E-state index contributed by atoms with van der Waals surface area (Å²) in [7, 11) is -3.37. The minimum atomic E-state index is -3.37. The van der Waals surface area contributed by atoms with E-state index >= 15 is 0 Å². The maximum Gasteiger partial charge on any atom is 0.264 e. The van der Waals surface area contributed by atoms with Crippen molar-refractivity contribution in [1.82, 2.24) is 0 Å². The van der Waals surface area contributed by atoms with E-state index in [1.165, 1.54) is 24.8 Å². The molecule has 0 bridgehead atoms. The van der Waals surface area contributed by atoms with Crippen molar-refractivity contribution in [3.63, 3.8) is 0 Å². The van der Waals surface area contributed by atoms with E-state index in [9.17, 15) is 8.42 Å². The van der Waals surface area contributed by atoms with Gasteiger partial charge in [-0.25, -0.2) is 0 Å². The molecule has 0 spiro atoms. The third-order valence-corrected chi connectivity index (χ3v) is 6.31. The standard InChI is InChI=1S/C16H28O3S/c1-12-7-8-14-15(2,3)9-6-10-16(14,4)13(12)11-19-20(5,17)18/h7,13-14H,6,8-11H2,1-5H3/t13-,14?,16+/m0/s1. The van der Waals surface area contributed by atoms with Gasteiger partial charge in [-0.15, -0.1) is 0 Å². The van der Waals surface area contributed by atoms with Crippen LogP contribution in [0.25, 0.3) is 0 Å². The van der Waals surface area contributed by atoms with Crippen molar-refractivity contribution in [2.75, 3.05) is 12.9 Å². The molecule has 0 N–H and O–H groups in total. The molecule has 0 amide bonds. The van der Waals surface area contributed by atoms with Crippen molar-refractivity contribution in [2.45, 2.75) is 53.4 Å². The first-order chi connectivity index (χ1) is 9.06. The number of hydrogen-bond acceptors (Lipinski definition) is 3. The van der Waals surface area contributed by atoms with Crippen LogP contribution in [-0.2, 0) is 14.3 Å². The van der Waals surface area contributed by atoms with Crippen LogP contribution in [0.4, 0.5) is 0 Å². The van der Waals surface area contributed by atoms with Crippen LogP contribution in [0.15, 0.2) is 11.6 Å². The van der Waals surface area contributed by atoms with Crippen LogP contribution in [0, 0.1) is 22.7 Å². The first kappa shape index (κ1) is 16.0. The summed E-state index contributed by atoms with van der Waals surface area (Å²) in [6.07, 6.45) is 8.21. The van der Waals surface area contributed by atoms with Gasteiger partial charge in [0.1, 0.15) is 0 Å². The predicted molar refractivity (Wildman–Crippen MR) is 81.9 cm³/mol. The molecule has 0 aromatic carbocycles. The van der Waals surface area contributed by atoms with Gasteiger partial charge in [-0.05, 0) is 42.9 Å². The van der Waals surface area contributed by atoms with Crippen LogP contribution < -0.4 is 0 Å². The number of fused-ring (bicyclic) bond motifs is 1. The summed E-state index contributed by atoms with van der Waals surface area (Å²) in [6, 6.07) is 0. The molecule has 3 nitrogen and oxygen atoms in total. The van der Waals surface area contributed by atoms with Gasteiger partial charge < -0.3 is 0 Å². The average Bonchev–Trinajstić information content (AvgIpc) is 2.24. The molecule has 0 saturated heterocycles. The monoisotopic (exact) mass is 300 g/mol. The third-order valence-electron chi connectivity index (χ3n) is 5.75. The first-order valence-corrected chi connectivity index (χ1v) is 9.39. The van der Waals surface area contributed by atoms with E-state index in [0.29, 0.717) is 17.9 Å². The Balaban J connectivity index is 2.29. The number of hydrogen-bond donors (Lipinski definition) is 0. The van der Waals surface area contributed by atoms with Gasteiger partial charge in [0.2, 0.25) is 0 Å². The van der Waals surface area contributed by atoms with Crippen LogP contribution in [0.3, 0.4) is 0 Å². The zero-order valence-electron chi connectivity index (χ0n) is 13.4. The molecule has 2 aliphatic rings.